The van der Waals surface area contributed by atoms with Crippen molar-refractivity contribution < 1.29 is 4.79 Å². The second-order valence-electron chi connectivity index (χ2n) is 5.68. The molecule has 0 saturated carbocycles. The molecule has 0 fully saturated rings. The van der Waals surface area contributed by atoms with Crippen molar-refractivity contribution in [2.45, 2.75) is 13.5 Å². The first-order valence-electron chi connectivity index (χ1n) is 7.51. The highest BCUT2D eigenvalue weighted by Crippen LogP contribution is 2.19. The van der Waals surface area contributed by atoms with E-state index in [0.717, 1.165) is 16.8 Å². The molecule has 0 atom stereocenters. The lowest BCUT2D eigenvalue weighted by atomic mass is 10.1. The average molecular weight is 341 g/mol. The highest BCUT2D eigenvalue weighted by molar-refractivity contribution is 6.29. The molecular weight excluding hydrogens is 324 g/mol. The molecule has 3 rings (SSSR count). The minimum absolute atomic E-state index is 0.129. The number of nitrogens with zero attached hydrogens (tertiary/aromatic N) is 3. The molecule has 0 aliphatic carbocycles. The number of hydrogen-bond acceptors (Lipinski definition) is 3. The Labute approximate surface area is 145 Å². The van der Waals surface area contributed by atoms with Crippen molar-refractivity contribution in [3.05, 3.63) is 70.6 Å². The Bertz CT molecular complexity index is 840. The van der Waals surface area contributed by atoms with E-state index in [0.29, 0.717) is 17.4 Å². The Morgan fingerprint density at radius 1 is 1.21 bits per heavy atom. The van der Waals surface area contributed by atoms with Crippen LogP contribution in [0.25, 0.3) is 11.3 Å². The molecule has 1 aromatic carbocycles. The normalized spacial score (nSPS) is 10.6. The molecule has 0 aliphatic rings. The zero-order valence-electron chi connectivity index (χ0n) is 13.5. The zero-order chi connectivity index (χ0) is 17.1. The van der Waals surface area contributed by atoms with Gasteiger partial charge in [0.1, 0.15) is 10.8 Å². The SMILES string of the molecule is Cc1ccc(-c2cc(C(=O)N(C)Cc3ccc(Cl)nc3)[nH]n2)cc1. The van der Waals surface area contributed by atoms with E-state index in [9.17, 15) is 4.79 Å². The third-order valence-electron chi connectivity index (χ3n) is 3.71. The molecule has 0 saturated heterocycles. The molecule has 122 valence electrons. The lowest BCUT2D eigenvalue weighted by molar-refractivity contribution is 0.0779. The Balaban J connectivity index is 1.73. The van der Waals surface area contributed by atoms with E-state index in [1.807, 2.05) is 37.3 Å². The van der Waals surface area contributed by atoms with Gasteiger partial charge in [0.15, 0.2) is 0 Å². The number of aryl methyl sites for hydroxylation is 1. The van der Waals surface area contributed by atoms with Crippen LogP contribution in [0, 0.1) is 6.92 Å². The van der Waals surface area contributed by atoms with Crippen LogP contribution >= 0.6 is 11.6 Å². The van der Waals surface area contributed by atoms with E-state index >= 15 is 0 Å². The minimum atomic E-state index is -0.129. The van der Waals surface area contributed by atoms with Crippen molar-refractivity contribution in [1.29, 1.82) is 0 Å². The van der Waals surface area contributed by atoms with Gasteiger partial charge in [-0.2, -0.15) is 5.10 Å². The second kappa shape index (κ2) is 6.84. The molecule has 2 heterocycles. The summed E-state index contributed by atoms with van der Waals surface area (Å²) in [5.74, 6) is -0.129. The Morgan fingerprint density at radius 2 is 1.96 bits per heavy atom. The molecule has 1 amide bonds. The molecular formula is C18H17ClN4O. The number of amides is 1. The van der Waals surface area contributed by atoms with Crippen LogP contribution in [-0.2, 0) is 6.54 Å². The van der Waals surface area contributed by atoms with Crippen molar-refractivity contribution in [3.8, 4) is 11.3 Å². The van der Waals surface area contributed by atoms with Gasteiger partial charge in [-0.3, -0.25) is 9.89 Å². The largest absolute Gasteiger partial charge is 0.336 e. The first kappa shape index (κ1) is 16.2. The average Bonchev–Trinajstić information content (AvgIpc) is 3.07. The molecule has 24 heavy (non-hydrogen) atoms. The van der Waals surface area contributed by atoms with Gasteiger partial charge in [0, 0.05) is 25.4 Å². The lowest BCUT2D eigenvalue weighted by Crippen LogP contribution is -2.26. The summed E-state index contributed by atoms with van der Waals surface area (Å²) in [5.41, 5.74) is 4.27. The molecule has 0 unspecified atom stereocenters. The van der Waals surface area contributed by atoms with Crippen LogP contribution in [0.2, 0.25) is 5.15 Å². The fourth-order valence-electron chi connectivity index (χ4n) is 2.35. The number of aromatic amines is 1. The van der Waals surface area contributed by atoms with Gasteiger partial charge in [0.2, 0.25) is 0 Å². The van der Waals surface area contributed by atoms with Crippen LogP contribution in [0.4, 0.5) is 0 Å². The minimum Gasteiger partial charge on any atom is -0.336 e. The summed E-state index contributed by atoms with van der Waals surface area (Å²) in [6, 6.07) is 13.3. The molecule has 5 nitrogen and oxygen atoms in total. The standard InChI is InChI=1S/C18H17ClN4O/c1-12-3-6-14(7-4-12)15-9-16(22-21-15)18(24)23(2)11-13-5-8-17(19)20-10-13/h3-10H,11H2,1-2H3,(H,21,22). The summed E-state index contributed by atoms with van der Waals surface area (Å²) in [6.45, 7) is 2.48. The number of H-pyrrole nitrogens is 1. The maximum atomic E-state index is 12.5. The predicted octanol–water partition coefficient (Wildman–Crippen LogP) is 3.71. The van der Waals surface area contributed by atoms with E-state index < -0.39 is 0 Å². The predicted molar refractivity (Wildman–Crippen MR) is 93.8 cm³/mol. The highest BCUT2D eigenvalue weighted by Gasteiger charge is 2.15. The molecule has 0 spiro atoms. The molecule has 3 aromatic rings. The number of carbonyl (C=O) groups excluding carboxylic acids is 1. The first-order chi connectivity index (χ1) is 11.5. The monoisotopic (exact) mass is 340 g/mol. The van der Waals surface area contributed by atoms with E-state index in [2.05, 4.69) is 15.2 Å². The summed E-state index contributed by atoms with van der Waals surface area (Å²) >= 11 is 5.77. The topological polar surface area (TPSA) is 61.9 Å². The highest BCUT2D eigenvalue weighted by atomic mass is 35.5. The number of halogens is 1. The smallest absolute Gasteiger partial charge is 0.271 e. The Hall–Kier alpha value is -2.66. The molecule has 1 N–H and O–H groups in total. The van der Waals surface area contributed by atoms with Crippen molar-refractivity contribution in [2.24, 2.45) is 0 Å². The van der Waals surface area contributed by atoms with E-state index in [1.54, 1.807) is 30.3 Å². The van der Waals surface area contributed by atoms with Gasteiger partial charge in [-0.15, -0.1) is 0 Å². The van der Waals surface area contributed by atoms with E-state index in [-0.39, 0.29) is 5.91 Å². The summed E-state index contributed by atoms with van der Waals surface area (Å²) in [6.07, 6.45) is 1.66. The third kappa shape index (κ3) is 3.63. The van der Waals surface area contributed by atoms with Gasteiger partial charge in [0.25, 0.3) is 5.91 Å². The van der Waals surface area contributed by atoms with Crippen molar-refractivity contribution in [2.75, 3.05) is 7.05 Å². The number of hydrogen-bond donors (Lipinski definition) is 1. The van der Waals surface area contributed by atoms with Crippen LogP contribution in [0.1, 0.15) is 21.6 Å². The fraction of sp³-hybridized carbons (Fsp3) is 0.167. The van der Waals surface area contributed by atoms with Crippen LogP contribution in [0.3, 0.4) is 0 Å². The van der Waals surface area contributed by atoms with Crippen LogP contribution < -0.4 is 0 Å². The molecule has 0 aliphatic heterocycles. The Morgan fingerprint density at radius 3 is 2.62 bits per heavy atom. The lowest BCUT2D eigenvalue weighted by Gasteiger charge is -2.15. The van der Waals surface area contributed by atoms with Crippen LogP contribution in [0.15, 0.2) is 48.7 Å². The van der Waals surface area contributed by atoms with Gasteiger partial charge in [0.05, 0.1) is 5.69 Å². The van der Waals surface area contributed by atoms with Gasteiger partial charge in [-0.1, -0.05) is 47.5 Å². The van der Waals surface area contributed by atoms with Gasteiger partial charge in [-0.25, -0.2) is 4.98 Å². The summed E-state index contributed by atoms with van der Waals surface area (Å²) in [5, 5.41) is 7.49. The van der Waals surface area contributed by atoms with Crippen molar-refractivity contribution >= 4 is 17.5 Å². The molecule has 0 radical (unpaired) electrons. The Kier molecular flexibility index (Phi) is 4.62. The summed E-state index contributed by atoms with van der Waals surface area (Å²) < 4.78 is 0. The van der Waals surface area contributed by atoms with Gasteiger partial charge >= 0.3 is 0 Å². The molecule has 2 aromatic heterocycles. The second-order valence-corrected chi connectivity index (χ2v) is 6.07. The molecule has 6 heteroatoms. The van der Waals surface area contributed by atoms with Crippen molar-refractivity contribution in [1.82, 2.24) is 20.1 Å². The number of rotatable bonds is 4. The molecule has 0 bridgehead atoms. The van der Waals surface area contributed by atoms with Gasteiger partial charge < -0.3 is 4.90 Å². The van der Waals surface area contributed by atoms with Gasteiger partial charge in [-0.05, 0) is 24.6 Å². The van der Waals surface area contributed by atoms with E-state index in [4.69, 9.17) is 11.6 Å². The maximum Gasteiger partial charge on any atom is 0.271 e. The van der Waals surface area contributed by atoms with Crippen LogP contribution in [-0.4, -0.2) is 33.0 Å². The number of aromatic nitrogens is 3. The number of pyridine rings is 1. The van der Waals surface area contributed by atoms with E-state index in [1.165, 1.54) is 5.56 Å². The zero-order valence-corrected chi connectivity index (χ0v) is 14.2. The third-order valence-corrected chi connectivity index (χ3v) is 3.93. The first-order valence-corrected chi connectivity index (χ1v) is 7.89. The quantitative estimate of drug-likeness (QED) is 0.736. The number of benzene rings is 1. The summed E-state index contributed by atoms with van der Waals surface area (Å²) in [7, 11) is 1.74. The fourth-order valence-corrected chi connectivity index (χ4v) is 2.47. The van der Waals surface area contributed by atoms with Crippen molar-refractivity contribution in [3.63, 3.8) is 0 Å². The number of nitrogens with one attached hydrogen (secondary N) is 1. The number of carbonyl (C=O) groups is 1. The maximum absolute atomic E-state index is 12.5. The van der Waals surface area contributed by atoms with Crippen LogP contribution in [0.5, 0.6) is 0 Å². The summed E-state index contributed by atoms with van der Waals surface area (Å²) in [4.78, 5) is 18.2.